The molecule has 0 radical (unpaired) electrons. The number of hydrogen-bond donors (Lipinski definition) is 1. The van der Waals surface area contributed by atoms with Gasteiger partial charge in [-0.05, 0) is 50.1 Å². The largest absolute Gasteiger partial charge is 0.323 e. The molecule has 3 aromatic rings. The van der Waals surface area contributed by atoms with Gasteiger partial charge >= 0.3 is 0 Å². The maximum atomic E-state index is 13.3. The van der Waals surface area contributed by atoms with Crippen molar-refractivity contribution in [3.8, 4) is 17.5 Å². The predicted octanol–water partition coefficient (Wildman–Crippen LogP) is 4.30. The van der Waals surface area contributed by atoms with Gasteiger partial charge in [0.05, 0.1) is 16.5 Å². The van der Waals surface area contributed by atoms with Crippen LogP contribution in [0.4, 0.5) is 0 Å². The van der Waals surface area contributed by atoms with Crippen molar-refractivity contribution >= 4 is 32.7 Å². The second-order valence-corrected chi connectivity index (χ2v) is 9.07. The fourth-order valence-electron chi connectivity index (χ4n) is 4.46. The third-order valence-electron chi connectivity index (χ3n) is 6.18. The Hall–Kier alpha value is -2.49. The molecule has 1 saturated carbocycles. The van der Waals surface area contributed by atoms with Gasteiger partial charge in [0.15, 0.2) is 0 Å². The van der Waals surface area contributed by atoms with E-state index in [1.165, 1.54) is 0 Å². The topological polar surface area (TPSA) is 70.7 Å². The molecule has 2 aromatic carbocycles. The first-order valence-corrected chi connectivity index (χ1v) is 10.8. The number of carbonyl (C=O) groups excluding carboxylic acids is 1. The van der Waals surface area contributed by atoms with Crippen LogP contribution in [0.15, 0.2) is 46.9 Å². The van der Waals surface area contributed by atoms with Crippen LogP contribution in [0, 0.1) is 22.7 Å². The quantitative estimate of drug-likeness (QED) is 0.631. The van der Waals surface area contributed by atoms with Crippen LogP contribution < -0.4 is 5.32 Å². The molecule has 2 heterocycles. The van der Waals surface area contributed by atoms with E-state index in [9.17, 15) is 10.1 Å². The lowest BCUT2D eigenvalue weighted by atomic mass is 9.80. The van der Waals surface area contributed by atoms with Gasteiger partial charge in [0.25, 0.3) is 0 Å². The summed E-state index contributed by atoms with van der Waals surface area (Å²) < 4.78 is 3.16. The van der Waals surface area contributed by atoms with Crippen LogP contribution in [-0.2, 0) is 11.3 Å². The molecule has 6 heteroatoms. The minimum Gasteiger partial charge on any atom is -0.323 e. The molecule has 5 nitrogen and oxygen atoms in total. The lowest BCUT2D eigenvalue weighted by molar-refractivity contribution is -0.129. The number of imidazole rings is 1. The van der Waals surface area contributed by atoms with Crippen LogP contribution in [0.25, 0.3) is 22.4 Å². The maximum absolute atomic E-state index is 13.3. The lowest BCUT2D eigenvalue weighted by Gasteiger charge is -2.28. The van der Waals surface area contributed by atoms with Gasteiger partial charge in [-0.15, -0.1) is 0 Å². The second kappa shape index (κ2) is 7.08. The number of Topliss-reactive ketones (excluding diaryl/α,β-unsaturated/α-hetero) is 1. The van der Waals surface area contributed by atoms with Gasteiger partial charge in [0.1, 0.15) is 23.2 Å². The van der Waals surface area contributed by atoms with E-state index >= 15 is 0 Å². The number of nitrogens with one attached hydrogen (secondary N) is 1. The summed E-state index contributed by atoms with van der Waals surface area (Å²) in [4.78, 5) is 18.1. The van der Waals surface area contributed by atoms with Crippen molar-refractivity contribution in [3.05, 3.63) is 52.5 Å². The summed E-state index contributed by atoms with van der Waals surface area (Å²) in [5, 5.41) is 13.0. The van der Waals surface area contributed by atoms with Gasteiger partial charge in [0, 0.05) is 29.0 Å². The molecule has 0 unspecified atom stereocenters. The summed E-state index contributed by atoms with van der Waals surface area (Å²) in [6.45, 7) is 2.16. The van der Waals surface area contributed by atoms with Gasteiger partial charge in [-0.2, -0.15) is 5.26 Å². The van der Waals surface area contributed by atoms with E-state index in [-0.39, 0.29) is 5.92 Å². The zero-order valence-electron chi connectivity index (χ0n) is 16.0. The second-order valence-electron chi connectivity index (χ2n) is 8.16. The van der Waals surface area contributed by atoms with Crippen LogP contribution in [0.1, 0.15) is 24.8 Å². The molecule has 1 atom stereocenters. The van der Waals surface area contributed by atoms with Crippen LogP contribution in [0.5, 0.6) is 0 Å². The molecule has 1 aliphatic carbocycles. The summed E-state index contributed by atoms with van der Waals surface area (Å²) in [5.41, 5.74) is 2.76. The number of halogens is 1. The molecule has 1 N–H and O–H groups in total. The summed E-state index contributed by atoms with van der Waals surface area (Å²) >= 11 is 3.49. The number of fused-ring (bicyclic) bond motifs is 1. The highest BCUT2D eigenvalue weighted by Crippen LogP contribution is 2.42. The standard InChI is InChI=1S/C23H21BrN4O/c24-18-8-6-16(7-9-18)22-27-20-17(12-25)2-1-3-19(20)28(22)14-23(10-11-26-13-23)21(29)15-4-5-15/h1-3,6-9,15,26H,4-5,10-11,13-14H2/t23-/m0/s1. The zero-order valence-corrected chi connectivity index (χ0v) is 17.6. The molecule has 0 amide bonds. The summed E-state index contributed by atoms with van der Waals surface area (Å²) in [5.74, 6) is 1.42. The number of rotatable bonds is 5. The van der Waals surface area contributed by atoms with Gasteiger partial charge in [-0.25, -0.2) is 4.98 Å². The molecule has 29 heavy (non-hydrogen) atoms. The molecular weight excluding hydrogens is 428 g/mol. The van der Waals surface area contributed by atoms with Gasteiger partial charge in [-0.1, -0.05) is 34.1 Å². The fraction of sp³-hybridized carbons (Fsp3) is 0.348. The van der Waals surface area contributed by atoms with Crippen molar-refractivity contribution in [2.75, 3.05) is 13.1 Å². The highest BCUT2D eigenvalue weighted by Gasteiger charge is 2.48. The van der Waals surface area contributed by atoms with Crippen molar-refractivity contribution in [2.45, 2.75) is 25.8 Å². The maximum Gasteiger partial charge on any atom is 0.145 e. The molecular formula is C23H21BrN4O. The average molecular weight is 449 g/mol. The Kier molecular flexibility index (Phi) is 4.53. The van der Waals surface area contributed by atoms with Crippen LogP contribution in [-0.4, -0.2) is 28.4 Å². The Balaban J connectivity index is 1.69. The number of ketones is 1. The van der Waals surface area contributed by atoms with E-state index in [1.807, 2.05) is 36.4 Å². The molecule has 0 spiro atoms. The first kappa shape index (κ1) is 18.5. The SMILES string of the molecule is N#Cc1cccc2c1nc(-c1ccc(Br)cc1)n2C[C@]1(C(=O)C2CC2)CCNC1. The van der Waals surface area contributed by atoms with Crippen LogP contribution in [0.2, 0.25) is 0 Å². The first-order valence-electron chi connectivity index (χ1n) is 10.0. The normalized spacial score (nSPS) is 21.4. The minimum atomic E-state index is -0.401. The van der Waals surface area contributed by atoms with E-state index in [1.54, 1.807) is 6.07 Å². The molecule has 2 aliphatic rings. The highest BCUT2D eigenvalue weighted by atomic mass is 79.9. The number of para-hydroxylation sites is 1. The summed E-state index contributed by atoms with van der Waals surface area (Å²) in [6, 6.07) is 16.0. The number of nitrogens with zero attached hydrogens (tertiary/aromatic N) is 3. The number of aromatic nitrogens is 2. The van der Waals surface area contributed by atoms with Crippen molar-refractivity contribution in [1.29, 1.82) is 5.26 Å². The van der Waals surface area contributed by atoms with E-state index in [2.05, 4.69) is 31.9 Å². The zero-order chi connectivity index (χ0) is 20.0. The monoisotopic (exact) mass is 448 g/mol. The van der Waals surface area contributed by atoms with Crippen LogP contribution in [0.3, 0.4) is 0 Å². The van der Waals surface area contributed by atoms with E-state index in [0.29, 0.717) is 30.0 Å². The molecule has 0 bridgehead atoms. The van der Waals surface area contributed by atoms with Crippen LogP contribution >= 0.6 is 15.9 Å². The first-order chi connectivity index (χ1) is 14.1. The fourth-order valence-corrected chi connectivity index (χ4v) is 4.73. The Morgan fingerprint density at radius 2 is 2.07 bits per heavy atom. The lowest BCUT2D eigenvalue weighted by Crippen LogP contribution is -2.39. The summed E-state index contributed by atoms with van der Waals surface area (Å²) in [6.07, 6.45) is 2.88. The number of hydrogen-bond acceptors (Lipinski definition) is 4. The van der Waals surface area contributed by atoms with Gasteiger partial charge in [0.2, 0.25) is 0 Å². The van der Waals surface area contributed by atoms with Gasteiger partial charge < -0.3 is 9.88 Å². The molecule has 5 rings (SSSR count). The smallest absolute Gasteiger partial charge is 0.145 e. The number of nitriles is 1. The molecule has 1 saturated heterocycles. The highest BCUT2D eigenvalue weighted by molar-refractivity contribution is 9.10. The van der Waals surface area contributed by atoms with E-state index in [4.69, 9.17) is 4.98 Å². The van der Waals surface area contributed by atoms with Gasteiger partial charge in [-0.3, -0.25) is 4.79 Å². The van der Waals surface area contributed by atoms with Crippen molar-refractivity contribution in [2.24, 2.45) is 11.3 Å². The molecule has 1 aromatic heterocycles. The van der Waals surface area contributed by atoms with E-state index in [0.717, 1.165) is 47.2 Å². The van der Waals surface area contributed by atoms with E-state index < -0.39 is 5.41 Å². The summed E-state index contributed by atoms with van der Waals surface area (Å²) in [7, 11) is 0. The van der Waals surface area contributed by atoms with Crippen molar-refractivity contribution < 1.29 is 4.79 Å². The molecule has 146 valence electrons. The van der Waals surface area contributed by atoms with Crippen molar-refractivity contribution in [3.63, 3.8) is 0 Å². The third kappa shape index (κ3) is 3.19. The van der Waals surface area contributed by atoms with Crippen molar-refractivity contribution in [1.82, 2.24) is 14.9 Å². The average Bonchev–Trinajstić information content (AvgIpc) is 3.38. The minimum absolute atomic E-state index is 0.218. The Bertz CT molecular complexity index is 1130. The Morgan fingerprint density at radius 3 is 2.72 bits per heavy atom. The third-order valence-corrected chi connectivity index (χ3v) is 6.71. The molecule has 1 aliphatic heterocycles. The Labute approximate surface area is 177 Å². The molecule has 2 fully saturated rings. The number of benzene rings is 2. The predicted molar refractivity (Wildman–Crippen MR) is 115 cm³/mol. The number of carbonyl (C=O) groups is 1. The Morgan fingerprint density at radius 1 is 1.28 bits per heavy atom.